The number of carbonyl (C=O) groups excluding carboxylic acids is 2. The number of benzene rings is 1. The molecule has 0 atom stereocenters. The molecule has 5 nitrogen and oxygen atoms in total. The average molecular weight is 287 g/mol. The normalized spacial score (nSPS) is 18.4. The number of amides is 3. The van der Waals surface area contributed by atoms with Crippen LogP contribution in [0.15, 0.2) is 18.2 Å². The number of urea groups is 1. The predicted octanol–water partition coefficient (Wildman–Crippen LogP) is 2.98. The molecular formula is C16H21N3O2. The molecule has 112 valence electrons. The Labute approximate surface area is 124 Å². The second kappa shape index (κ2) is 5.39. The minimum Gasteiger partial charge on any atom is -0.338 e. The van der Waals surface area contributed by atoms with Crippen molar-refractivity contribution in [3.63, 3.8) is 0 Å². The van der Waals surface area contributed by atoms with Gasteiger partial charge in [-0.3, -0.25) is 4.79 Å². The van der Waals surface area contributed by atoms with Crippen LogP contribution < -0.4 is 16.0 Å². The first kappa shape index (κ1) is 13.9. The largest absolute Gasteiger partial charge is 0.338 e. The van der Waals surface area contributed by atoms with Gasteiger partial charge < -0.3 is 16.0 Å². The van der Waals surface area contributed by atoms with Crippen LogP contribution in [-0.2, 0) is 10.2 Å². The third-order valence-corrected chi connectivity index (χ3v) is 4.47. The summed E-state index contributed by atoms with van der Waals surface area (Å²) < 4.78 is 0. The number of rotatable bonds is 3. The molecule has 1 fully saturated rings. The Balaban J connectivity index is 1.83. The van der Waals surface area contributed by atoms with Gasteiger partial charge in [0, 0.05) is 17.9 Å². The summed E-state index contributed by atoms with van der Waals surface area (Å²) in [6, 6.07) is 5.47. The number of hydrogen-bond donors (Lipinski definition) is 3. The maximum atomic E-state index is 12.3. The van der Waals surface area contributed by atoms with Gasteiger partial charge in [0.1, 0.15) is 0 Å². The van der Waals surface area contributed by atoms with Crippen LogP contribution in [0.1, 0.15) is 44.6 Å². The first-order valence-corrected chi connectivity index (χ1v) is 7.66. The van der Waals surface area contributed by atoms with Crippen LogP contribution >= 0.6 is 0 Å². The van der Waals surface area contributed by atoms with E-state index in [1.165, 1.54) is 0 Å². The third kappa shape index (κ3) is 2.37. The molecule has 1 aromatic rings. The third-order valence-electron chi connectivity index (χ3n) is 4.47. The Morgan fingerprint density at radius 2 is 2.10 bits per heavy atom. The van der Waals surface area contributed by atoms with Gasteiger partial charge in [-0.15, -0.1) is 0 Å². The van der Waals surface area contributed by atoms with Gasteiger partial charge in [-0.25, -0.2) is 4.79 Å². The van der Waals surface area contributed by atoms with E-state index in [2.05, 4.69) is 16.0 Å². The van der Waals surface area contributed by atoms with Crippen molar-refractivity contribution in [2.24, 2.45) is 0 Å². The fourth-order valence-corrected chi connectivity index (χ4v) is 3.38. The molecule has 2 aliphatic rings. The molecule has 3 N–H and O–H groups in total. The minimum absolute atomic E-state index is 0.114. The number of carbonyl (C=O) groups is 2. The molecule has 3 rings (SSSR count). The molecule has 1 aromatic carbocycles. The van der Waals surface area contributed by atoms with Crippen molar-refractivity contribution < 1.29 is 9.59 Å². The van der Waals surface area contributed by atoms with Crippen molar-refractivity contribution in [1.29, 1.82) is 0 Å². The highest BCUT2D eigenvalue weighted by molar-refractivity contribution is 6.07. The van der Waals surface area contributed by atoms with Crippen LogP contribution in [0.5, 0.6) is 0 Å². The molecule has 1 heterocycles. The number of fused-ring (bicyclic) bond motifs is 2. The molecule has 5 heteroatoms. The lowest BCUT2D eigenvalue weighted by atomic mass is 9.80. The molecule has 0 bridgehead atoms. The van der Waals surface area contributed by atoms with Crippen LogP contribution in [0, 0.1) is 0 Å². The highest BCUT2D eigenvalue weighted by Gasteiger charge is 2.48. The molecule has 0 saturated heterocycles. The first-order valence-electron chi connectivity index (χ1n) is 7.66. The van der Waals surface area contributed by atoms with E-state index in [-0.39, 0.29) is 17.4 Å². The number of hydrogen-bond acceptors (Lipinski definition) is 2. The van der Waals surface area contributed by atoms with Gasteiger partial charge in [-0.1, -0.05) is 19.8 Å². The molecule has 0 aromatic heterocycles. The van der Waals surface area contributed by atoms with Gasteiger partial charge in [-0.2, -0.15) is 0 Å². The van der Waals surface area contributed by atoms with Gasteiger partial charge in [-0.05, 0) is 43.0 Å². The summed E-state index contributed by atoms with van der Waals surface area (Å²) in [4.78, 5) is 24.1. The fraction of sp³-hybridized carbons (Fsp3) is 0.500. The zero-order chi connectivity index (χ0) is 14.9. The maximum Gasteiger partial charge on any atom is 0.319 e. The molecule has 21 heavy (non-hydrogen) atoms. The predicted molar refractivity (Wildman–Crippen MR) is 82.5 cm³/mol. The summed E-state index contributed by atoms with van der Waals surface area (Å²) in [5.74, 6) is 0.114. The van der Waals surface area contributed by atoms with E-state index in [1.54, 1.807) is 0 Å². The summed E-state index contributed by atoms with van der Waals surface area (Å²) in [5, 5.41) is 8.60. The van der Waals surface area contributed by atoms with Gasteiger partial charge in [0.25, 0.3) is 0 Å². The lowest BCUT2D eigenvalue weighted by molar-refractivity contribution is -0.120. The van der Waals surface area contributed by atoms with Crippen LogP contribution in [0.3, 0.4) is 0 Å². The van der Waals surface area contributed by atoms with Crippen molar-refractivity contribution in [2.75, 3.05) is 17.2 Å². The van der Waals surface area contributed by atoms with Gasteiger partial charge in [0.2, 0.25) is 5.91 Å². The van der Waals surface area contributed by atoms with Crippen molar-refractivity contribution in [3.8, 4) is 0 Å². The summed E-state index contributed by atoms with van der Waals surface area (Å²) >= 11 is 0. The van der Waals surface area contributed by atoms with Crippen LogP contribution in [0.2, 0.25) is 0 Å². The van der Waals surface area contributed by atoms with E-state index in [1.807, 2.05) is 25.1 Å². The maximum absolute atomic E-state index is 12.3. The molecule has 1 aliphatic heterocycles. The summed E-state index contributed by atoms with van der Waals surface area (Å²) in [6.07, 6.45) is 4.87. The Morgan fingerprint density at radius 3 is 2.81 bits per heavy atom. The quantitative estimate of drug-likeness (QED) is 0.800. The van der Waals surface area contributed by atoms with Crippen molar-refractivity contribution in [2.45, 2.75) is 44.4 Å². The minimum atomic E-state index is -0.368. The molecule has 0 radical (unpaired) electrons. The van der Waals surface area contributed by atoms with Gasteiger partial charge in [0.15, 0.2) is 0 Å². The summed E-state index contributed by atoms with van der Waals surface area (Å²) in [5.41, 5.74) is 2.30. The lowest BCUT2D eigenvalue weighted by Crippen LogP contribution is -2.31. The van der Waals surface area contributed by atoms with Crippen LogP contribution in [0.4, 0.5) is 16.2 Å². The van der Waals surface area contributed by atoms with Crippen LogP contribution in [0.25, 0.3) is 0 Å². The molecule has 1 spiro atoms. The zero-order valence-electron chi connectivity index (χ0n) is 12.3. The Hall–Kier alpha value is -2.04. The summed E-state index contributed by atoms with van der Waals surface area (Å²) in [6.45, 7) is 2.66. The van der Waals surface area contributed by atoms with E-state index in [9.17, 15) is 9.59 Å². The van der Waals surface area contributed by atoms with Crippen molar-refractivity contribution in [1.82, 2.24) is 5.32 Å². The molecule has 0 unspecified atom stereocenters. The standard InChI is InChI=1S/C16H21N3O2/c1-2-9-17-15(21)18-11-5-6-13-12(10-11)16(14(20)19-13)7-3-4-8-16/h5-6,10H,2-4,7-9H2,1H3,(H,19,20)(H2,17,18,21). The monoisotopic (exact) mass is 287 g/mol. The molecule has 1 aliphatic carbocycles. The topological polar surface area (TPSA) is 70.2 Å². The highest BCUT2D eigenvalue weighted by atomic mass is 16.2. The average Bonchev–Trinajstić information content (AvgIpc) is 3.06. The van der Waals surface area contributed by atoms with Crippen molar-refractivity contribution in [3.05, 3.63) is 23.8 Å². The second-order valence-electron chi connectivity index (χ2n) is 5.88. The SMILES string of the molecule is CCCNC(=O)Nc1ccc2c(c1)C1(CCCC1)C(=O)N2. The number of nitrogens with one attached hydrogen (secondary N) is 3. The fourth-order valence-electron chi connectivity index (χ4n) is 3.38. The van der Waals surface area contributed by atoms with Crippen molar-refractivity contribution >= 4 is 23.3 Å². The van der Waals surface area contributed by atoms with Gasteiger partial charge in [0.05, 0.1) is 5.41 Å². The van der Waals surface area contributed by atoms with E-state index >= 15 is 0 Å². The molecule has 1 saturated carbocycles. The molecule has 3 amide bonds. The first-order chi connectivity index (χ1) is 10.2. The molecular weight excluding hydrogens is 266 g/mol. The van der Waals surface area contributed by atoms with E-state index < -0.39 is 0 Å². The van der Waals surface area contributed by atoms with E-state index in [0.717, 1.165) is 49.0 Å². The van der Waals surface area contributed by atoms with Gasteiger partial charge >= 0.3 is 6.03 Å². The Morgan fingerprint density at radius 1 is 1.33 bits per heavy atom. The van der Waals surface area contributed by atoms with Crippen LogP contribution in [-0.4, -0.2) is 18.5 Å². The highest BCUT2D eigenvalue weighted by Crippen LogP contribution is 2.49. The second-order valence-corrected chi connectivity index (χ2v) is 5.88. The smallest absolute Gasteiger partial charge is 0.319 e. The van der Waals surface area contributed by atoms with E-state index in [0.29, 0.717) is 6.54 Å². The summed E-state index contributed by atoms with van der Waals surface area (Å²) in [7, 11) is 0. The Bertz CT molecular complexity index is 577. The lowest BCUT2D eigenvalue weighted by Gasteiger charge is -2.21. The zero-order valence-corrected chi connectivity index (χ0v) is 12.3. The van der Waals surface area contributed by atoms with E-state index in [4.69, 9.17) is 0 Å². The number of anilines is 2. The Kier molecular flexibility index (Phi) is 3.57.